The van der Waals surface area contributed by atoms with Crippen molar-refractivity contribution in [1.29, 1.82) is 0 Å². The van der Waals surface area contributed by atoms with Gasteiger partial charge >= 0.3 is 0 Å². The van der Waals surface area contributed by atoms with E-state index in [-0.39, 0.29) is 17.1 Å². The van der Waals surface area contributed by atoms with Gasteiger partial charge in [0.1, 0.15) is 11.6 Å². The fraction of sp³-hybridized carbons (Fsp3) is 0.409. The van der Waals surface area contributed by atoms with Crippen LogP contribution in [0.5, 0.6) is 0 Å². The van der Waals surface area contributed by atoms with Crippen LogP contribution in [0.2, 0.25) is 0 Å². The Balaban J connectivity index is 1.49. The van der Waals surface area contributed by atoms with Crippen LogP contribution >= 0.6 is 0 Å². The summed E-state index contributed by atoms with van der Waals surface area (Å²) in [5.74, 6) is -0.909. The van der Waals surface area contributed by atoms with Crippen LogP contribution in [0.4, 0.5) is 14.5 Å². The van der Waals surface area contributed by atoms with Crippen molar-refractivity contribution in [3.63, 3.8) is 0 Å². The number of nitrogens with zero attached hydrogens (tertiary/aromatic N) is 2. The van der Waals surface area contributed by atoms with Gasteiger partial charge in [-0.05, 0) is 80.7 Å². The minimum absolute atomic E-state index is 0.203. The number of hydrogen-bond donors (Lipinski definition) is 0. The molecule has 2 aromatic rings. The molecule has 2 aromatic carbocycles. The Morgan fingerprint density at radius 1 is 1.00 bits per heavy atom. The standard InChI is InChI=1S/C22H22F2N2O/c23-16-3-1-2-15(12-16)21(27)26-14-22(19-13-17(24)4-7-20(19)26)8-10-25(11-9-22)18-5-6-18/h1-4,7,12-13,18H,5-6,8-11,14H2. The highest BCUT2D eigenvalue weighted by Crippen LogP contribution is 2.48. The van der Waals surface area contributed by atoms with Gasteiger partial charge in [0, 0.05) is 29.3 Å². The van der Waals surface area contributed by atoms with Gasteiger partial charge in [0.2, 0.25) is 0 Å². The van der Waals surface area contributed by atoms with Crippen molar-refractivity contribution in [3.05, 3.63) is 65.2 Å². The fourth-order valence-corrected chi connectivity index (χ4v) is 4.78. The number of benzene rings is 2. The lowest BCUT2D eigenvalue weighted by molar-refractivity contribution is 0.0975. The minimum Gasteiger partial charge on any atom is -0.307 e. The second-order valence-electron chi connectivity index (χ2n) is 8.11. The van der Waals surface area contributed by atoms with Gasteiger partial charge in [-0.2, -0.15) is 0 Å². The second-order valence-corrected chi connectivity index (χ2v) is 8.11. The number of anilines is 1. The van der Waals surface area contributed by atoms with Crippen LogP contribution in [0.25, 0.3) is 0 Å². The minimum atomic E-state index is -0.424. The van der Waals surface area contributed by atoms with E-state index in [1.165, 1.54) is 31.0 Å². The number of amides is 1. The van der Waals surface area contributed by atoms with Gasteiger partial charge < -0.3 is 9.80 Å². The summed E-state index contributed by atoms with van der Waals surface area (Å²) in [5.41, 5.74) is 1.83. The Labute approximate surface area is 157 Å². The SMILES string of the molecule is O=C(c1cccc(F)c1)N1CC2(CCN(C3CC3)CC2)c2cc(F)ccc21. The second kappa shape index (κ2) is 6.13. The van der Waals surface area contributed by atoms with Gasteiger partial charge in [0.15, 0.2) is 0 Å². The molecule has 1 spiro atoms. The van der Waals surface area contributed by atoms with Crippen LogP contribution in [0.15, 0.2) is 42.5 Å². The van der Waals surface area contributed by atoms with Gasteiger partial charge in [0.25, 0.3) is 5.91 Å². The predicted octanol–water partition coefficient (Wildman–Crippen LogP) is 4.12. The molecule has 0 N–H and O–H groups in total. The molecule has 0 aromatic heterocycles. The third-order valence-electron chi connectivity index (χ3n) is 6.42. The van der Waals surface area contributed by atoms with E-state index in [4.69, 9.17) is 0 Å². The number of halogens is 2. The molecule has 1 saturated heterocycles. The lowest BCUT2D eigenvalue weighted by Crippen LogP contribution is -2.46. The zero-order valence-electron chi connectivity index (χ0n) is 15.1. The molecule has 1 saturated carbocycles. The van der Waals surface area contributed by atoms with Crippen molar-refractivity contribution in [2.45, 2.75) is 37.1 Å². The average Bonchev–Trinajstić information content (AvgIpc) is 3.47. The van der Waals surface area contributed by atoms with E-state index in [0.29, 0.717) is 12.1 Å². The summed E-state index contributed by atoms with van der Waals surface area (Å²) < 4.78 is 27.7. The van der Waals surface area contributed by atoms with Crippen molar-refractivity contribution >= 4 is 11.6 Å². The topological polar surface area (TPSA) is 23.6 Å². The van der Waals surface area contributed by atoms with Gasteiger partial charge in [-0.1, -0.05) is 6.07 Å². The van der Waals surface area contributed by atoms with Crippen LogP contribution in [-0.4, -0.2) is 36.5 Å². The summed E-state index contributed by atoms with van der Waals surface area (Å²) in [5, 5.41) is 0. The van der Waals surface area contributed by atoms with E-state index >= 15 is 0 Å². The number of hydrogen-bond acceptors (Lipinski definition) is 2. The lowest BCUT2D eigenvalue weighted by atomic mass is 9.74. The zero-order valence-corrected chi connectivity index (χ0v) is 15.1. The largest absolute Gasteiger partial charge is 0.307 e. The summed E-state index contributed by atoms with van der Waals surface area (Å²) in [6, 6.07) is 11.2. The van der Waals surface area contributed by atoms with E-state index < -0.39 is 5.82 Å². The van der Waals surface area contributed by atoms with E-state index in [0.717, 1.165) is 43.2 Å². The molecule has 0 atom stereocenters. The van der Waals surface area contributed by atoms with Gasteiger partial charge in [-0.3, -0.25) is 4.79 Å². The van der Waals surface area contributed by atoms with E-state index in [1.54, 1.807) is 29.2 Å². The van der Waals surface area contributed by atoms with Crippen LogP contribution in [0, 0.1) is 11.6 Å². The van der Waals surface area contributed by atoms with Crippen LogP contribution in [-0.2, 0) is 5.41 Å². The maximum atomic E-state index is 14.1. The highest BCUT2D eigenvalue weighted by Gasteiger charge is 2.48. The van der Waals surface area contributed by atoms with Gasteiger partial charge in [-0.25, -0.2) is 8.78 Å². The molecular weight excluding hydrogens is 346 g/mol. The molecule has 140 valence electrons. The molecule has 2 heterocycles. The number of carbonyl (C=O) groups is 1. The first kappa shape index (κ1) is 16.9. The van der Waals surface area contributed by atoms with Crippen LogP contribution < -0.4 is 4.90 Å². The summed E-state index contributed by atoms with van der Waals surface area (Å²) in [6.07, 6.45) is 4.41. The molecule has 1 amide bonds. The Morgan fingerprint density at radius 3 is 2.44 bits per heavy atom. The first-order valence-electron chi connectivity index (χ1n) is 9.67. The van der Waals surface area contributed by atoms with Crippen molar-refractivity contribution in [1.82, 2.24) is 4.90 Å². The fourth-order valence-electron chi connectivity index (χ4n) is 4.78. The van der Waals surface area contributed by atoms with Crippen LogP contribution in [0.3, 0.4) is 0 Å². The summed E-state index contributed by atoms with van der Waals surface area (Å²) in [7, 11) is 0. The molecule has 5 rings (SSSR count). The smallest absolute Gasteiger partial charge is 0.258 e. The highest BCUT2D eigenvalue weighted by atomic mass is 19.1. The molecular formula is C22H22F2N2O. The van der Waals surface area contributed by atoms with E-state index in [2.05, 4.69) is 4.90 Å². The van der Waals surface area contributed by atoms with Crippen molar-refractivity contribution in [3.8, 4) is 0 Å². The van der Waals surface area contributed by atoms with E-state index in [1.807, 2.05) is 0 Å². The van der Waals surface area contributed by atoms with Gasteiger partial charge in [-0.15, -0.1) is 0 Å². The van der Waals surface area contributed by atoms with Gasteiger partial charge in [0.05, 0.1) is 0 Å². The Bertz CT molecular complexity index is 901. The summed E-state index contributed by atoms with van der Waals surface area (Å²) in [6.45, 7) is 2.52. The third kappa shape index (κ3) is 2.85. The number of fused-ring (bicyclic) bond motifs is 2. The van der Waals surface area contributed by atoms with E-state index in [9.17, 15) is 13.6 Å². The average molecular weight is 368 g/mol. The Kier molecular flexibility index (Phi) is 3.83. The molecule has 3 aliphatic rings. The maximum Gasteiger partial charge on any atom is 0.258 e. The van der Waals surface area contributed by atoms with Crippen LogP contribution in [0.1, 0.15) is 41.6 Å². The molecule has 3 nitrogen and oxygen atoms in total. The molecule has 2 fully saturated rings. The molecule has 27 heavy (non-hydrogen) atoms. The third-order valence-corrected chi connectivity index (χ3v) is 6.42. The normalized spacial score (nSPS) is 21.5. The molecule has 0 radical (unpaired) electrons. The molecule has 1 aliphatic carbocycles. The molecule has 0 unspecified atom stereocenters. The molecule has 2 aliphatic heterocycles. The monoisotopic (exact) mass is 368 g/mol. The molecule has 5 heteroatoms. The Hall–Kier alpha value is -2.27. The Morgan fingerprint density at radius 2 is 1.74 bits per heavy atom. The lowest BCUT2D eigenvalue weighted by Gasteiger charge is -2.40. The first-order chi connectivity index (χ1) is 13.1. The molecule has 0 bridgehead atoms. The number of carbonyl (C=O) groups excluding carboxylic acids is 1. The number of rotatable bonds is 2. The zero-order chi connectivity index (χ0) is 18.6. The number of piperidine rings is 1. The number of likely N-dealkylation sites (tertiary alicyclic amines) is 1. The van der Waals surface area contributed by atoms with Crippen molar-refractivity contribution < 1.29 is 13.6 Å². The maximum absolute atomic E-state index is 14.1. The predicted molar refractivity (Wildman–Crippen MR) is 100.0 cm³/mol. The van der Waals surface area contributed by atoms with Crippen molar-refractivity contribution in [2.24, 2.45) is 0 Å². The summed E-state index contributed by atoms with van der Waals surface area (Å²) >= 11 is 0. The van der Waals surface area contributed by atoms with Crippen molar-refractivity contribution in [2.75, 3.05) is 24.5 Å². The highest BCUT2D eigenvalue weighted by molar-refractivity contribution is 6.07. The quantitative estimate of drug-likeness (QED) is 0.796. The first-order valence-corrected chi connectivity index (χ1v) is 9.67. The summed E-state index contributed by atoms with van der Waals surface area (Å²) in [4.78, 5) is 17.4.